The Bertz CT molecular complexity index is 450. The Morgan fingerprint density at radius 2 is 1.65 bits per heavy atom. The fraction of sp³-hybridized carbons (Fsp3) is 0.889. The highest BCUT2D eigenvalue weighted by atomic mass is 35.5. The standard InChI is InChI=1S/C18H34N4O2S.ClH/c1-14-10-15(2)12-22(11-14)17(23)13-20-5-7-21(8-6-20)18(24)16(19)4-9-25-3;/h14-16H,4-13,19H2,1-3H3;1H. The van der Waals surface area contributed by atoms with Gasteiger partial charge in [0, 0.05) is 39.3 Å². The molecular formula is C18H35ClN4O2S. The molecule has 0 radical (unpaired) electrons. The SMILES string of the molecule is CSCCC(N)C(=O)N1CCN(CC(=O)N2CC(C)CC(C)C2)CC1.Cl. The third kappa shape index (κ3) is 6.91. The molecule has 0 spiro atoms. The lowest BCUT2D eigenvalue weighted by Crippen LogP contribution is -2.55. The van der Waals surface area contributed by atoms with E-state index in [9.17, 15) is 9.59 Å². The molecule has 26 heavy (non-hydrogen) atoms. The molecule has 8 heteroatoms. The molecule has 2 saturated heterocycles. The third-order valence-corrected chi connectivity index (χ3v) is 5.86. The molecule has 2 heterocycles. The Morgan fingerprint density at radius 1 is 1.08 bits per heavy atom. The molecule has 0 aliphatic carbocycles. The summed E-state index contributed by atoms with van der Waals surface area (Å²) >= 11 is 1.71. The minimum absolute atomic E-state index is 0. The van der Waals surface area contributed by atoms with Crippen LogP contribution in [-0.4, -0.2) is 90.4 Å². The van der Waals surface area contributed by atoms with E-state index in [-0.39, 0.29) is 24.2 Å². The van der Waals surface area contributed by atoms with Crippen molar-refractivity contribution in [2.24, 2.45) is 17.6 Å². The zero-order valence-corrected chi connectivity index (χ0v) is 18.0. The molecule has 3 atom stereocenters. The van der Waals surface area contributed by atoms with Gasteiger partial charge in [-0.2, -0.15) is 11.8 Å². The van der Waals surface area contributed by atoms with Crippen molar-refractivity contribution in [2.75, 3.05) is 57.8 Å². The fourth-order valence-electron chi connectivity index (χ4n) is 3.89. The molecule has 2 N–H and O–H groups in total. The van der Waals surface area contributed by atoms with Gasteiger partial charge < -0.3 is 15.5 Å². The van der Waals surface area contributed by atoms with Crippen LogP contribution < -0.4 is 5.73 Å². The van der Waals surface area contributed by atoms with E-state index in [0.29, 0.717) is 31.5 Å². The molecule has 0 aromatic heterocycles. The van der Waals surface area contributed by atoms with Crippen molar-refractivity contribution >= 4 is 36.0 Å². The molecule has 2 rings (SSSR count). The maximum atomic E-state index is 12.6. The second-order valence-electron chi connectivity index (χ2n) is 7.73. The first-order valence-electron chi connectivity index (χ1n) is 9.44. The van der Waals surface area contributed by atoms with E-state index >= 15 is 0 Å². The summed E-state index contributed by atoms with van der Waals surface area (Å²) in [4.78, 5) is 31.0. The van der Waals surface area contributed by atoms with Crippen LogP contribution in [0.25, 0.3) is 0 Å². The zero-order chi connectivity index (χ0) is 18.4. The van der Waals surface area contributed by atoms with E-state index in [2.05, 4.69) is 18.7 Å². The normalized spacial score (nSPS) is 25.5. The molecule has 0 aromatic rings. The minimum atomic E-state index is -0.392. The summed E-state index contributed by atoms with van der Waals surface area (Å²) < 4.78 is 0. The second kappa shape index (κ2) is 11.4. The molecule has 2 amide bonds. The van der Waals surface area contributed by atoms with Crippen LogP contribution in [0.3, 0.4) is 0 Å². The lowest BCUT2D eigenvalue weighted by Gasteiger charge is -2.38. The van der Waals surface area contributed by atoms with Crippen molar-refractivity contribution in [1.29, 1.82) is 0 Å². The number of hydrogen-bond acceptors (Lipinski definition) is 5. The Balaban J connectivity index is 0.00000338. The highest BCUT2D eigenvalue weighted by Gasteiger charge is 2.29. The summed E-state index contributed by atoms with van der Waals surface area (Å²) in [5.41, 5.74) is 5.99. The van der Waals surface area contributed by atoms with Gasteiger partial charge in [-0.05, 0) is 36.7 Å². The monoisotopic (exact) mass is 406 g/mol. The number of likely N-dealkylation sites (tertiary alicyclic amines) is 1. The quantitative estimate of drug-likeness (QED) is 0.716. The van der Waals surface area contributed by atoms with Gasteiger partial charge in [0.2, 0.25) is 11.8 Å². The van der Waals surface area contributed by atoms with Crippen molar-refractivity contribution < 1.29 is 9.59 Å². The summed E-state index contributed by atoms with van der Waals surface area (Å²) in [5.74, 6) is 2.37. The van der Waals surface area contributed by atoms with Crippen LogP contribution >= 0.6 is 24.2 Å². The number of amides is 2. The Hall–Kier alpha value is -0.500. The zero-order valence-electron chi connectivity index (χ0n) is 16.4. The number of carbonyl (C=O) groups excluding carboxylic acids is 2. The van der Waals surface area contributed by atoms with E-state index in [4.69, 9.17) is 5.73 Å². The van der Waals surface area contributed by atoms with Gasteiger partial charge in [-0.25, -0.2) is 0 Å². The number of rotatable bonds is 6. The molecule has 152 valence electrons. The maximum Gasteiger partial charge on any atom is 0.239 e. The molecule has 2 aliphatic heterocycles. The van der Waals surface area contributed by atoms with Crippen LogP contribution in [0.2, 0.25) is 0 Å². The second-order valence-corrected chi connectivity index (χ2v) is 8.72. The number of piperidine rings is 1. The van der Waals surface area contributed by atoms with E-state index in [1.807, 2.05) is 16.1 Å². The summed E-state index contributed by atoms with van der Waals surface area (Å²) in [7, 11) is 0. The summed E-state index contributed by atoms with van der Waals surface area (Å²) in [6.07, 6.45) is 3.96. The van der Waals surface area contributed by atoms with Gasteiger partial charge in [0.05, 0.1) is 12.6 Å². The van der Waals surface area contributed by atoms with Gasteiger partial charge in [-0.3, -0.25) is 14.5 Å². The third-order valence-electron chi connectivity index (χ3n) is 5.21. The highest BCUT2D eigenvalue weighted by molar-refractivity contribution is 7.98. The van der Waals surface area contributed by atoms with Gasteiger partial charge >= 0.3 is 0 Å². The number of nitrogens with zero attached hydrogens (tertiary/aromatic N) is 3. The predicted octanol–water partition coefficient (Wildman–Crippen LogP) is 1.14. The highest BCUT2D eigenvalue weighted by Crippen LogP contribution is 2.21. The topological polar surface area (TPSA) is 69.9 Å². The Morgan fingerprint density at radius 3 is 2.19 bits per heavy atom. The largest absolute Gasteiger partial charge is 0.341 e. The van der Waals surface area contributed by atoms with E-state index in [1.54, 1.807) is 11.8 Å². The number of thioether (sulfide) groups is 1. The number of hydrogen-bond donors (Lipinski definition) is 1. The van der Waals surface area contributed by atoms with Gasteiger partial charge in [0.15, 0.2) is 0 Å². The minimum Gasteiger partial charge on any atom is -0.341 e. The molecule has 3 unspecified atom stereocenters. The number of carbonyl (C=O) groups is 2. The first kappa shape index (κ1) is 23.5. The van der Waals surface area contributed by atoms with Crippen molar-refractivity contribution in [3.8, 4) is 0 Å². The van der Waals surface area contributed by atoms with Crippen molar-refractivity contribution in [3.63, 3.8) is 0 Å². The van der Waals surface area contributed by atoms with Crippen LogP contribution in [-0.2, 0) is 9.59 Å². The molecule has 2 fully saturated rings. The van der Waals surface area contributed by atoms with Crippen LogP contribution in [0, 0.1) is 11.8 Å². The predicted molar refractivity (Wildman–Crippen MR) is 111 cm³/mol. The summed E-state index contributed by atoms with van der Waals surface area (Å²) in [5, 5.41) is 0. The molecular weight excluding hydrogens is 372 g/mol. The number of piperazine rings is 1. The molecule has 0 saturated carbocycles. The Labute approximate surface area is 168 Å². The van der Waals surface area contributed by atoms with Crippen LogP contribution in [0.5, 0.6) is 0 Å². The van der Waals surface area contributed by atoms with Gasteiger partial charge in [-0.15, -0.1) is 12.4 Å². The van der Waals surface area contributed by atoms with Gasteiger partial charge in [0.1, 0.15) is 0 Å². The van der Waals surface area contributed by atoms with E-state index < -0.39 is 6.04 Å². The van der Waals surface area contributed by atoms with Gasteiger partial charge in [-0.1, -0.05) is 13.8 Å². The molecule has 6 nitrogen and oxygen atoms in total. The molecule has 2 aliphatic rings. The van der Waals surface area contributed by atoms with Crippen LogP contribution in [0.4, 0.5) is 0 Å². The molecule has 0 bridgehead atoms. The number of nitrogens with two attached hydrogens (primary N) is 1. The number of halogens is 1. The summed E-state index contributed by atoms with van der Waals surface area (Å²) in [6, 6.07) is -0.392. The first-order valence-corrected chi connectivity index (χ1v) is 10.8. The average molecular weight is 407 g/mol. The van der Waals surface area contributed by atoms with Crippen LogP contribution in [0.15, 0.2) is 0 Å². The first-order chi connectivity index (χ1) is 11.9. The Kier molecular flexibility index (Phi) is 10.3. The fourth-order valence-corrected chi connectivity index (χ4v) is 4.38. The van der Waals surface area contributed by atoms with Crippen molar-refractivity contribution in [3.05, 3.63) is 0 Å². The molecule has 0 aromatic carbocycles. The average Bonchev–Trinajstić information content (AvgIpc) is 2.58. The smallest absolute Gasteiger partial charge is 0.239 e. The van der Waals surface area contributed by atoms with Crippen LogP contribution in [0.1, 0.15) is 26.7 Å². The van der Waals surface area contributed by atoms with Gasteiger partial charge in [0.25, 0.3) is 0 Å². The van der Waals surface area contributed by atoms with E-state index in [0.717, 1.165) is 38.4 Å². The lowest BCUT2D eigenvalue weighted by molar-refractivity contribution is -0.137. The van der Waals surface area contributed by atoms with E-state index in [1.165, 1.54) is 6.42 Å². The van der Waals surface area contributed by atoms with Crippen molar-refractivity contribution in [1.82, 2.24) is 14.7 Å². The summed E-state index contributed by atoms with van der Waals surface area (Å²) in [6.45, 7) is 9.54. The maximum absolute atomic E-state index is 12.6. The van der Waals surface area contributed by atoms with Crippen molar-refractivity contribution in [2.45, 2.75) is 32.7 Å². The lowest BCUT2D eigenvalue weighted by atomic mass is 9.92.